The molecule has 0 bridgehead atoms. The fourth-order valence-corrected chi connectivity index (χ4v) is 4.64. The summed E-state index contributed by atoms with van der Waals surface area (Å²) in [4.78, 5) is 41.3. The van der Waals surface area contributed by atoms with E-state index in [1.54, 1.807) is 23.6 Å². The van der Waals surface area contributed by atoms with Crippen molar-refractivity contribution in [3.05, 3.63) is 79.9 Å². The van der Waals surface area contributed by atoms with Gasteiger partial charge in [0, 0.05) is 34.5 Å². The van der Waals surface area contributed by atoms with Gasteiger partial charge < -0.3 is 10.1 Å². The monoisotopic (exact) mass is 478 g/mol. The zero-order chi connectivity index (χ0) is 24.4. The van der Waals surface area contributed by atoms with Gasteiger partial charge >= 0.3 is 0 Å². The summed E-state index contributed by atoms with van der Waals surface area (Å²) in [5.41, 5.74) is 2.11. The Morgan fingerprint density at radius 2 is 2.03 bits per heavy atom. The largest absolute Gasteiger partial charge is 0.495 e. The third-order valence-electron chi connectivity index (χ3n) is 5.55. The van der Waals surface area contributed by atoms with Crippen molar-refractivity contribution in [3.8, 4) is 17.0 Å². The summed E-state index contributed by atoms with van der Waals surface area (Å²) in [6, 6.07) is 12.3. The average Bonchev–Trinajstić information content (AvgIpc) is 3.29. The van der Waals surface area contributed by atoms with E-state index in [-0.39, 0.29) is 17.2 Å². The van der Waals surface area contributed by atoms with Crippen molar-refractivity contribution >= 4 is 39.0 Å². The van der Waals surface area contributed by atoms with Gasteiger partial charge in [-0.15, -0.1) is 11.3 Å². The molecular weight excluding hydrogens is 456 g/mol. The summed E-state index contributed by atoms with van der Waals surface area (Å²) in [5, 5.41) is 16.7. The SMILES string of the molecule is CCC(C(=O)Nc1nc(-c2cccc([N+](=O)[O-])c2)cs1)n1c(=O)cc(C)c2cccc(OC)c21. The number of thiazole rings is 1. The van der Waals surface area contributed by atoms with E-state index in [0.717, 1.165) is 10.9 Å². The highest BCUT2D eigenvalue weighted by atomic mass is 32.1. The van der Waals surface area contributed by atoms with E-state index in [0.29, 0.717) is 34.1 Å². The van der Waals surface area contributed by atoms with Crippen LogP contribution in [-0.4, -0.2) is 27.5 Å². The molecule has 0 aliphatic rings. The predicted molar refractivity (Wildman–Crippen MR) is 132 cm³/mol. The number of anilines is 1. The van der Waals surface area contributed by atoms with E-state index in [2.05, 4.69) is 10.3 Å². The highest BCUT2D eigenvalue weighted by Gasteiger charge is 2.25. The number of benzene rings is 2. The minimum Gasteiger partial charge on any atom is -0.495 e. The average molecular weight is 479 g/mol. The molecule has 1 N–H and O–H groups in total. The molecule has 4 rings (SSSR count). The normalized spacial score (nSPS) is 11.9. The molecule has 9 nitrogen and oxygen atoms in total. The Hall–Kier alpha value is -4.05. The number of carbonyl (C=O) groups is 1. The number of para-hydroxylation sites is 1. The van der Waals surface area contributed by atoms with Gasteiger partial charge in [0.05, 0.1) is 23.2 Å². The van der Waals surface area contributed by atoms with Crippen LogP contribution in [0.15, 0.2) is 58.7 Å². The van der Waals surface area contributed by atoms with Crippen LogP contribution in [0.1, 0.15) is 24.9 Å². The summed E-state index contributed by atoms with van der Waals surface area (Å²) in [6.07, 6.45) is 0.366. The molecule has 2 aromatic heterocycles. The van der Waals surface area contributed by atoms with Crippen molar-refractivity contribution in [2.45, 2.75) is 26.3 Å². The Balaban J connectivity index is 1.68. The highest BCUT2D eigenvalue weighted by molar-refractivity contribution is 7.14. The number of rotatable bonds is 7. The first-order valence-corrected chi connectivity index (χ1v) is 11.4. The first-order chi connectivity index (χ1) is 16.3. The van der Waals surface area contributed by atoms with Crippen LogP contribution in [0, 0.1) is 17.0 Å². The van der Waals surface area contributed by atoms with Gasteiger partial charge in [0.25, 0.3) is 11.2 Å². The van der Waals surface area contributed by atoms with Gasteiger partial charge in [-0.1, -0.05) is 31.2 Å². The zero-order valence-corrected chi connectivity index (χ0v) is 19.6. The number of methoxy groups -OCH3 is 1. The molecule has 0 saturated heterocycles. The number of aromatic nitrogens is 2. The number of hydrogen-bond acceptors (Lipinski definition) is 7. The Labute approximate surface area is 198 Å². The molecule has 2 heterocycles. The molecule has 0 spiro atoms. The van der Waals surface area contributed by atoms with E-state index in [9.17, 15) is 19.7 Å². The van der Waals surface area contributed by atoms with Crippen molar-refractivity contribution in [1.82, 2.24) is 9.55 Å². The Kier molecular flexibility index (Phi) is 6.42. The second-order valence-corrected chi connectivity index (χ2v) is 8.51. The number of nitrogens with one attached hydrogen (secondary N) is 1. The predicted octanol–water partition coefficient (Wildman–Crippen LogP) is 4.94. The molecule has 0 aliphatic carbocycles. The maximum Gasteiger partial charge on any atom is 0.270 e. The van der Waals surface area contributed by atoms with Crippen LogP contribution in [0.25, 0.3) is 22.2 Å². The van der Waals surface area contributed by atoms with Crippen molar-refractivity contribution in [1.29, 1.82) is 0 Å². The lowest BCUT2D eigenvalue weighted by molar-refractivity contribution is -0.384. The number of fused-ring (bicyclic) bond motifs is 1. The van der Waals surface area contributed by atoms with Crippen molar-refractivity contribution < 1.29 is 14.5 Å². The first kappa shape index (κ1) is 23.1. The van der Waals surface area contributed by atoms with Gasteiger partial charge in [0.2, 0.25) is 5.91 Å². The van der Waals surface area contributed by atoms with Gasteiger partial charge in [-0.25, -0.2) is 4.98 Å². The third kappa shape index (κ3) is 4.27. The molecule has 174 valence electrons. The number of ether oxygens (including phenoxy) is 1. The molecule has 0 saturated carbocycles. The lowest BCUT2D eigenvalue weighted by Crippen LogP contribution is -2.33. The molecule has 4 aromatic rings. The molecule has 1 atom stereocenters. The molecule has 1 unspecified atom stereocenters. The van der Waals surface area contributed by atoms with E-state index < -0.39 is 11.0 Å². The number of pyridine rings is 1. The van der Waals surface area contributed by atoms with E-state index in [1.807, 2.05) is 26.0 Å². The lowest BCUT2D eigenvalue weighted by Gasteiger charge is -2.21. The standard InChI is InChI=1S/C24H22N4O5S/c1-4-19(27-21(29)11-14(2)17-9-6-10-20(33-3)22(17)27)23(30)26-24-25-18(13-34-24)15-7-5-8-16(12-15)28(31)32/h5-13,19H,4H2,1-3H3,(H,25,26,30). The van der Waals surface area contributed by atoms with Crippen LogP contribution in [0.3, 0.4) is 0 Å². The van der Waals surface area contributed by atoms with Crippen LogP contribution < -0.4 is 15.6 Å². The Bertz CT molecular complexity index is 1460. The third-order valence-corrected chi connectivity index (χ3v) is 6.31. The Morgan fingerprint density at radius 1 is 1.26 bits per heavy atom. The van der Waals surface area contributed by atoms with Crippen molar-refractivity contribution in [2.24, 2.45) is 0 Å². The molecule has 0 radical (unpaired) electrons. The second-order valence-electron chi connectivity index (χ2n) is 7.65. The lowest BCUT2D eigenvalue weighted by atomic mass is 10.1. The van der Waals surface area contributed by atoms with E-state index in [4.69, 9.17) is 4.74 Å². The topological polar surface area (TPSA) is 116 Å². The van der Waals surface area contributed by atoms with Crippen LogP contribution in [0.4, 0.5) is 10.8 Å². The molecule has 0 fully saturated rings. The van der Waals surface area contributed by atoms with Crippen molar-refractivity contribution in [2.75, 3.05) is 12.4 Å². The number of aryl methyl sites for hydroxylation is 1. The molecular formula is C24H22N4O5S. The number of nitrogens with zero attached hydrogens (tertiary/aromatic N) is 3. The number of amides is 1. The van der Waals surface area contributed by atoms with Crippen LogP contribution in [0.2, 0.25) is 0 Å². The number of carbonyl (C=O) groups excluding carboxylic acids is 1. The quantitative estimate of drug-likeness (QED) is 0.297. The fraction of sp³-hybridized carbons (Fsp3) is 0.208. The molecule has 1 amide bonds. The summed E-state index contributed by atoms with van der Waals surface area (Å²) < 4.78 is 6.96. The summed E-state index contributed by atoms with van der Waals surface area (Å²) in [5.74, 6) is 0.118. The van der Waals surface area contributed by atoms with Gasteiger partial charge in [0.15, 0.2) is 5.13 Å². The van der Waals surface area contributed by atoms with Gasteiger partial charge in [-0.3, -0.25) is 24.3 Å². The molecule has 34 heavy (non-hydrogen) atoms. The minimum absolute atomic E-state index is 0.0401. The maximum absolute atomic E-state index is 13.3. The van der Waals surface area contributed by atoms with Gasteiger partial charge in [0.1, 0.15) is 11.8 Å². The van der Waals surface area contributed by atoms with E-state index in [1.165, 1.54) is 41.2 Å². The highest BCUT2D eigenvalue weighted by Crippen LogP contribution is 2.31. The van der Waals surface area contributed by atoms with Crippen LogP contribution in [-0.2, 0) is 4.79 Å². The molecule has 2 aromatic carbocycles. The molecule has 10 heteroatoms. The number of non-ortho nitro benzene ring substituents is 1. The summed E-state index contributed by atoms with van der Waals surface area (Å²) in [6.45, 7) is 3.67. The molecule has 0 aliphatic heterocycles. The minimum atomic E-state index is -0.794. The first-order valence-electron chi connectivity index (χ1n) is 10.5. The maximum atomic E-state index is 13.3. The summed E-state index contributed by atoms with van der Waals surface area (Å²) >= 11 is 1.20. The number of nitro benzene ring substituents is 1. The zero-order valence-electron chi connectivity index (χ0n) is 18.8. The smallest absolute Gasteiger partial charge is 0.270 e. The van der Waals surface area contributed by atoms with Crippen LogP contribution in [0.5, 0.6) is 5.75 Å². The Morgan fingerprint density at radius 3 is 2.74 bits per heavy atom. The van der Waals surface area contributed by atoms with E-state index >= 15 is 0 Å². The van der Waals surface area contributed by atoms with Gasteiger partial charge in [-0.05, 0) is 25.0 Å². The fourth-order valence-electron chi connectivity index (χ4n) is 3.92. The van der Waals surface area contributed by atoms with Crippen LogP contribution >= 0.6 is 11.3 Å². The second kappa shape index (κ2) is 9.44. The number of hydrogen-bond donors (Lipinski definition) is 1. The number of nitro groups is 1. The van der Waals surface area contributed by atoms with Gasteiger partial charge in [-0.2, -0.15) is 0 Å². The van der Waals surface area contributed by atoms with Crippen molar-refractivity contribution in [3.63, 3.8) is 0 Å². The summed E-state index contributed by atoms with van der Waals surface area (Å²) in [7, 11) is 1.53.